The van der Waals surface area contributed by atoms with Crippen LogP contribution in [0.1, 0.15) is 27.8 Å². The van der Waals surface area contributed by atoms with Crippen LogP contribution in [0.15, 0.2) is 28.0 Å². The maximum atomic E-state index is 6.50. The van der Waals surface area contributed by atoms with Crippen LogP contribution in [0.5, 0.6) is 0 Å². The molecule has 0 unspecified atom stereocenters. The quantitative estimate of drug-likeness (QED) is 0.476. The summed E-state index contributed by atoms with van der Waals surface area (Å²) in [5.41, 5.74) is 11.2. The first-order valence-electron chi connectivity index (χ1n) is 9.33. The second-order valence-corrected chi connectivity index (χ2v) is 8.58. The Morgan fingerprint density at radius 3 is 1.48 bits per heavy atom. The van der Waals surface area contributed by atoms with Crippen molar-refractivity contribution in [1.29, 1.82) is 0 Å². The lowest BCUT2D eigenvalue weighted by molar-refractivity contribution is 1.28. The van der Waals surface area contributed by atoms with Gasteiger partial charge < -0.3 is 0 Å². The van der Waals surface area contributed by atoms with E-state index in [2.05, 4.69) is 43.5 Å². The summed E-state index contributed by atoms with van der Waals surface area (Å²) in [5.74, 6) is 0. The highest BCUT2D eigenvalue weighted by Crippen LogP contribution is 2.33. The van der Waals surface area contributed by atoms with Crippen LogP contribution in [-0.4, -0.2) is 31.4 Å². The predicted molar refractivity (Wildman–Crippen MR) is 137 cm³/mol. The standard InChI is InChI=1S/C23H20B4S2/c1-9-6-14(16-18(24)11(3)10(2)12(4)19(16)25)8-15(7-9)17-20(26)13(5)21(27)23(29)22(17)28/h6-8,28-29H,1-5H3. The smallest absolute Gasteiger partial charge is 0.115 e. The zero-order valence-corrected chi connectivity index (χ0v) is 19.2. The van der Waals surface area contributed by atoms with E-state index in [0.29, 0.717) is 31.6 Å². The Morgan fingerprint density at radius 1 is 0.517 bits per heavy atom. The SMILES string of the molecule is [B]c1c(C)c([B])c(-c2cc(C)cc(-c3c([B])c(C)c(C)c(C)c3[B])c2)c(S)c1S. The molecule has 136 valence electrons. The van der Waals surface area contributed by atoms with Crippen LogP contribution in [0.2, 0.25) is 0 Å². The average Bonchev–Trinajstić information content (AvgIpc) is 2.67. The third-order valence-corrected chi connectivity index (χ3v) is 7.01. The largest absolute Gasteiger partial charge is 0.143 e. The zero-order chi connectivity index (χ0) is 21.8. The van der Waals surface area contributed by atoms with Crippen LogP contribution in [0.25, 0.3) is 22.3 Å². The molecule has 0 aliphatic carbocycles. The first-order chi connectivity index (χ1) is 13.5. The minimum Gasteiger partial charge on any atom is -0.143 e. The summed E-state index contributed by atoms with van der Waals surface area (Å²) in [7, 11) is 25.6. The Morgan fingerprint density at radius 2 is 0.966 bits per heavy atom. The van der Waals surface area contributed by atoms with E-state index in [9.17, 15) is 0 Å². The van der Waals surface area contributed by atoms with Crippen molar-refractivity contribution in [1.82, 2.24) is 0 Å². The monoisotopic (exact) mass is 404 g/mol. The molecule has 0 bridgehead atoms. The summed E-state index contributed by atoms with van der Waals surface area (Å²) in [6.45, 7) is 10.0. The molecule has 0 spiro atoms. The molecule has 0 atom stereocenters. The lowest BCUT2D eigenvalue weighted by Crippen LogP contribution is -2.26. The van der Waals surface area contributed by atoms with Gasteiger partial charge >= 0.3 is 0 Å². The molecule has 3 rings (SSSR count). The number of benzene rings is 3. The van der Waals surface area contributed by atoms with Gasteiger partial charge in [-0.1, -0.05) is 50.7 Å². The van der Waals surface area contributed by atoms with Crippen molar-refractivity contribution in [2.45, 2.75) is 44.4 Å². The van der Waals surface area contributed by atoms with Crippen molar-refractivity contribution in [3.8, 4) is 22.3 Å². The molecule has 0 heterocycles. The van der Waals surface area contributed by atoms with Crippen LogP contribution in [0.3, 0.4) is 0 Å². The molecule has 0 aliphatic rings. The minimum atomic E-state index is 0.547. The first kappa shape index (κ1) is 22.3. The van der Waals surface area contributed by atoms with Crippen LogP contribution in [0, 0.1) is 34.6 Å². The van der Waals surface area contributed by atoms with Gasteiger partial charge in [-0.2, -0.15) is 0 Å². The van der Waals surface area contributed by atoms with Crippen LogP contribution >= 0.6 is 25.3 Å². The molecule has 3 aromatic carbocycles. The van der Waals surface area contributed by atoms with E-state index in [-0.39, 0.29) is 0 Å². The number of aryl methyl sites for hydroxylation is 1. The van der Waals surface area contributed by atoms with Gasteiger partial charge in [0.25, 0.3) is 0 Å². The van der Waals surface area contributed by atoms with E-state index in [4.69, 9.17) is 31.4 Å². The first-order valence-corrected chi connectivity index (χ1v) is 10.2. The number of rotatable bonds is 2. The second kappa shape index (κ2) is 8.04. The van der Waals surface area contributed by atoms with Crippen molar-refractivity contribution in [2.75, 3.05) is 0 Å². The molecule has 0 N–H and O–H groups in total. The minimum absolute atomic E-state index is 0.547. The highest BCUT2D eigenvalue weighted by Gasteiger charge is 2.18. The summed E-state index contributed by atoms with van der Waals surface area (Å²) in [4.78, 5) is 1.28. The summed E-state index contributed by atoms with van der Waals surface area (Å²) in [6, 6.07) is 6.20. The van der Waals surface area contributed by atoms with Crippen molar-refractivity contribution >= 4 is 78.5 Å². The maximum absolute atomic E-state index is 6.50. The van der Waals surface area contributed by atoms with Crippen molar-refractivity contribution in [2.24, 2.45) is 0 Å². The van der Waals surface area contributed by atoms with Crippen LogP contribution < -0.4 is 21.9 Å². The molecule has 0 fully saturated rings. The molecule has 0 aliphatic heterocycles. The third kappa shape index (κ3) is 3.64. The fourth-order valence-corrected chi connectivity index (χ4v) is 4.41. The fraction of sp³-hybridized carbons (Fsp3) is 0.217. The van der Waals surface area contributed by atoms with Gasteiger partial charge in [0.2, 0.25) is 0 Å². The van der Waals surface area contributed by atoms with E-state index in [0.717, 1.165) is 50.1 Å². The van der Waals surface area contributed by atoms with Gasteiger partial charge in [-0.05, 0) is 74.1 Å². The predicted octanol–water partition coefficient (Wildman–Crippen LogP) is 2.32. The lowest BCUT2D eigenvalue weighted by atomic mass is 9.71. The molecule has 29 heavy (non-hydrogen) atoms. The lowest BCUT2D eigenvalue weighted by Gasteiger charge is -2.22. The van der Waals surface area contributed by atoms with E-state index in [1.165, 1.54) is 0 Å². The van der Waals surface area contributed by atoms with Gasteiger partial charge in [-0.25, -0.2) is 0 Å². The highest BCUT2D eigenvalue weighted by molar-refractivity contribution is 7.83. The topological polar surface area (TPSA) is 0 Å². The molecule has 8 radical (unpaired) electrons. The van der Waals surface area contributed by atoms with E-state index < -0.39 is 0 Å². The average molecular weight is 404 g/mol. The third-order valence-electron chi connectivity index (χ3n) is 5.92. The van der Waals surface area contributed by atoms with Crippen molar-refractivity contribution in [3.63, 3.8) is 0 Å². The molecular formula is C23H20B4S2. The van der Waals surface area contributed by atoms with Crippen molar-refractivity contribution < 1.29 is 0 Å². The molecule has 0 nitrogen and oxygen atoms in total. The van der Waals surface area contributed by atoms with E-state index >= 15 is 0 Å². The normalized spacial score (nSPS) is 11.1. The number of hydrogen-bond donors (Lipinski definition) is 2. The van der Waals surface area contributed by atoms with Crippen LogP contribution in [-0.2, 0) is 0 Å². The Bertz CT molecular complexity index is 1020. The Hall–Kier alpha value is -1.38. The molecule has 0 saturated carbocycles. The number of thiol groups is 2. The van der Waals surface area contributed by atoms with Gasteiger partial charge in [0, 0.05) is 9.79 Å². The second-order valence-electron chi connectivity index (χ2n) is 7.69. The Balaban J connectivity index is 2.37. The van der Waals surface area contributed by atoms with Gasteiger partial charge in [0.15, 0.2) is 0 Å². The van der Waals surface area contributed by atoms with Gasteiger partial charge in [0.1, 0.15) is 31.4 Å². The molecule has 0 saturated heterocycles. The summed E-state index contributed by atoms with van der Waals surface area (Å²) in [6.07, 6.45) is 0. The van der Waals surface area contributed by atoms with Gasteiger partial charge in [-0.3, -0.25) is 0 Å². The Kier molecular flexibility index (Phi) is 6.18. The maximum Gasteiger partial charge on any atom is 0.115 e. The fourth-order valence-electron chi connectivity index (χ4n) is 3.76. The molecule has 0 amide bonds. The van der Waals surface area contributed by atoms with E-state index in [1.54, 1.807) is 0 Å². The molecular weight excluding hydrogens is 384 g/mol. The van der Waals surface area contributed by atoms with Gasteiger partial charge in [-0.15, -0.1) is 25.3 Å². The van der Waals surface area contributed by atoms with Crippen molar-refractivity contribution in [3.05, 3.63) is 46.0 Å². The molecule has 6 heteroatoms. The molecule has 0 aromatic heterocycles. The van der Waals surface area contributed by atoms with Crippen LogP contribution in [0.4, 0.5) is 0 Å². The summed E-state index contributed by atoms with van der Waals surface area (Å²) < 4.78 is 0. The zero-order valence-electron chi connectivity index (χ0n) is 17.4. The Labute approximate surface area is 190 Å². The summed E-state index contributed by atoms with van der Waals surface area (Å²) >= 11 is 9.21. The van der Waals surface area contributed by atoms with Gasteiger partial charge in [0.05, 0.1) is 0 Å². The summed E-state index contributed by atoms with van der Waals surface area (Å²) in [5, 5.41) is 0. The molecule has 3 aromatic rings. The van der Waals surface area contributed by atoms with E-state index in [1.807, 2.05) is 34.6 Å². The number of hydrogen-bond acceptors (Lipinski definition) is 2. The highest BCUT2D eigenvalue weighted by atomic mass is 32.1.